The fraction of sp³-hybridized carbons (Fsp3) is 0.385. The fourth-order valence-corrected chi connectivity index (χ4v) is 4.64. The number of rotatable bonds is 6. The molecular weight excluding hydrogens is 395 g/mol. The van der Waals surface area contributed by atoms with Gasteiger partial charge in [-0.3, -0.25) is 0 Å². The number of unbranched alkanes of at least 4 members (excludes halogenated alkanes) is 2. The van der Waals surface area contributed by atoms with Crippen LogP contribution in [0.4, 0.5) is 0 Å². The van der Waals surface area contributed by atoms with E-state index < -0.39 is 0 Å². The predicted molar refractivity (Wildman–Crippen MR) is 80.9 cm³/mol. The van der Waals surface area contributed by atoms with E-state index in [-0.39, 0.29) is 0 Å². The molecule has 0 N–H and O–H groups in total. The van der Waals surface area contributed by atoms with Crippen molar-refractivity contribution in [1.29, 1.82) is 0 Å². The van der Waals surface area contributed by atoms with Crippen molar-refractivity contribution in [1.82, 2.24) is 0 Å². The maximum absolute atomic E-state index is 3.69. The molecule has 1 aromatic carbocycles. The van der Waals surface area contributed by atoms with Gasteiger partial charge in [0.2, 0.25) is 0 Å². The first kappa shape index (κ1) is 14.5. The molecular formula is C13H16Br2Se. The van der Waals surface area contributed by atoms with Gasteiger partial charge < -0.3 is 0 Å². The van der Waals surface area contributed by atoms with Crippen molar-refractivity contribution in [2.24, 2.45) is 0 Å². The summed E-state index contributed by atoms with van der Waals surface area (Å²) in [4.78, 5) is 0. The summed E-state index contributed by atoms with van der Waals surface area (Å²) in [6.45, 7) is 2.24. The third kappa shape index (κ3) is 5.67. The molecule has 0 unspecified atom stereocenters. The van der Waals surface area contributed by atoms with Gasteiger partial charge >= 0.3 is 122 Å². The monoisotopic (exact) mass is 410 g/mol. The molecule has 1 rings (SSSR count). The maximum atomic E-state index is 3.69. The van der Waals surface area contributed by atoms with Crippen molar-refractivity contribution >= 4 is 51.3 Å². The molecule has 0 aliphatic heterocycles. The minimum absolute atomic E-state index is 0.395. The molecule has 0 atom stereocenters. The second-order valence-electron chi connectivity index (χ2n) is 3.55. The Bertz CT molecular complexity index is 333. The molecule has 0 aliphatic carbocycles. The summed E-state index contributed by atoms with van der Waals surface area (Å²) in [6.07, 6.45) is 5.02. The Kier molecular flexibility index (Phi) is 7.72. The summed E-state index contributed by atoms with van der Waals surface area (Å²) >= 11 is 7.77. The number of halogens is 2. The van der Waals surface area contributed by atoms with Gasteiger partial charge in [0, 0.05) is 0 Å². The second kappa shape index (κ2) is 8.52. The molecule has 0 spiro atoms. The SMILES string of the molecule is CCCCC/C(Br)=C(/Br)[Se]c1ccccc1. The van der Waals surface area contributed by atoms with E-state index in [1.807, 2.05) is 0 Å². The third-order valence-corrected chi connectivity index (χ3v) is 7.36. The predicted octanol–water partition coefficient (Wildman–Crippen LogP) is 4.56. The molecule has 0 saturated carbocycles. The Hall–Kier alpha value is 0.439. The Balaban J connectivity index is 2.49. The molecule has 0 amide bonds. The molecule has 3 heteroatoms. The zero-order valence-electron chi connectivity index (χ0n) is 9.38. The summed E-state index contributed by atoms with van der Waals surface area (Å²) in [5.74, 6) is 0. The van der Waals surface area contributed by atoms with Crippen molar-refractivity contribution in [2.45, 2.75) is 32.6 Å². The summed E-state index contributed by atoms with van der Waals surface area (Å²) in [6, 6.07) is 10.6. The normalized spacial score (nSPS) is 12.4. The first-order valence-electron chi connectivity index (χ1n) is 5.51. The van der Waals surface area contributed by atoms with Crippen LogP contribution >= 0.6 is 31.9 Å². The van der Waals surface area contributed by atoms with Crippen LogP contribution in [0.25, 0.3) is 0 Å². The van der Waals surface area contributed by atoms with E-state index in [2.05, 4.69) is 69.1 Å². The van der Waals surface area contributed by atoms with Gasteiger partial charge in [0.05, 0.1) is 0 Å². The molecule has 0 fully saturated rings. The van der Waals surface area contributed by atoms with Crippen LogP contribution in [-0.2, 0) is 0 Å². The van der Waals surface area contributed by atoms with E-state index in [9.17, 15) is 0 Å². The van der Waals surface area contributed by atoms with E-state index >= 15 is 0 Å². The molecule has 88 valence electrons. The van der Waals surface area contributed by atoms with E-state index in [1.54, 1.807) is 0 Å². The zero-order valence-corrected chi connectivity index (χ0v) is 14.3. The van der Waals surface area contributed by atoms with Crippen LogP contribution in [0.3, 0.4) is 0 Å². The van der Waals surface area contributed by atoms with Crippen molar-refractivity contribution in [3.8, 4) is 0 Å². The number of hydrogen-bond acceptors (Lipinski definition) is 0. The molecule has 0 bridgehead atoms. The quantitative estimate of drug-likeness (QED) is 0.476. The number of allylic oxidation sites excluding steroid dienone is 1. The van der Waals surface area contributed by atoms with Crippen molar-refractivity contribution < 1.29 is 0 Å². The Morgan fingerprint density at radius 3 is 2.44 bits per heavy atom. The van der Waals surface area contributed by atoms with Crippen LogP contribution in [0.15, 0.2) is 38.2 Å². The second-order valence-corrected chi connectivity index (χ2v) is 8.76. The molecule has 16 heavy (non-hydrogen) atoms. The number of hydrogen-bond donors (Lipinski definition) is 0. The van der Waals surface area contributed by atoms with Gasteiger partial charge in [-0.05, 0) is 0 Å². The molecule has 0 aliphatic rings. The summed E-state index contributed by atoms with van der Waals surface area (Å²) in [5, 5.41) is 0. The molecule has 0 aromatic heterocycles. The molecule has 0 saturated heterocycles. The Labute approximate surface area is 121 Å². The standard InChI is InChI=1S/C13H16Br2Se/c1-2-3-5-10-12(14)13(15)16-11-8-6-4-7-9-11/h4,6-9H,2-3,5,10H2,1H3/b13-12+. The molecule has 1 aromatic rings. The van der Waals surface area contributed by atoms with Gasteiger partial charge in [-0.15, -0.1) is 0 Å². The van der Waals surface area contributed by atoms with E-state index in [0.717, 1.165) is 6.42 Å². The molecule has 0 nitrogen and oxygen atoms in total. The Morgan fingerprint density at radius 2 is 1.81 bits per heavy atom. The van der Waals surface area contributed by atoms with E-state index in [0.29, 0.717) is 15.0 Å². The van der Waals surface area contributed by atoms with Crippen molar-refractivity contribution in [3.63, 3.8) is 0 Å². The van der Waals surface area contributed by atoms with Gasteiger partial charge in [-0.25, -0.2) is 0 Å². The van der Waals surface area contributed by atoms with Crippen molar-refractivity contribution in [3.05, 3.63) is 38.2 Å². The fourth-order valence-electron chi connectivity index (χ4n) is 1.28. The average Bonchev–Trinajstić information content (AvgIpc) is 2.30. The Morgan fingerprint density at radius 1 is 1.12 bits per heavy atom. The van der Waals surface area contributed by atoms with Crippen LogP contribution in [0.1, 0.15) is 32.6 Å². The van der Waals surface area contributed by atoms with Crippen LogP contribution in [0, 0.1) is 0 Å². The summed E-state index contributed by atoms with van der Waals surface area (Å²) in [7, 11) is 0. The van der Waals surface area contributed by atoms with E-state index in [4.69, 9.17) is 0 Å². The summed E-state index contributed by atoms with van der Waals surface area (Å²) < 4.78 is 4.08. The van der Waals surface area contributed by atoms with Crippen LogP contribution in [0.2, 0.25) is 0 Å². The van der Waals surface area contributed by atoms with Crippen LogP contribution in [-0.4, -0.2) is 15.0 Å². The molecule has 0 radical (unpaired) electrons. The molecule has 0 heterocycles. The van der Waals surface area contributed by atoms with Gasteiger partial charge in [0.1, 0.15) is 0 Å². The van der Waals surface area contributed by atoms with Crippen molar-refractivity contribution in [2.75, 3.05) is 0 Å². The van der Waals surface area contributed by atoms with E-state index in [1.165, 1.54) is 31.6 Å². The topological polar surface area (TPSA) is 0 Å². The van der Waals surface area contributed by atoms with Gasteiger partial charge in [-0.1, -0.05) is 0 Å². The van der Waals surface area contributed by atoms with Crippen LogP contribution in [0.5, 0.6) is 0 Å². The number of benzene rings is 1. The van der Waals surface area contributed by atoms with Gasteiger partial charge in [0.25, 0.3) is 0 Å². The first-order valence-corrected chi connectivity index (χ1v) is 8.81. The first-order chi connectivity index (χ1) is 7.74. The third-order valence-electron chi connectivity index (χ3n) is 2.16. The summed E-state index contributed by atoms with van der Waals surface area (Å²) in [5.41, 5.74) is 0. The van der Waals surface area contributed by atoms with Gasteiger partial charge in [0.15, 0.2) is 0 Å². The van der Waals surface area contributed by atoms with Crippen LogP contribution < -0.4 is 4.46 Å². The minimum atomic E-state index is 0.395. The average molecular weight is 411 g/mol. The van der Waals surface area contributed by atoms with Gasteiger partial charge in [-0.2, -0.15) is 0 Å². The zero-order chi connectivity index (χ0) is 11.8.